The molecule has 0 heterocycles. The van der Waals surface area contributed by atoms with Gasteiger partial charge < -0.3 is 0 Å². The number of benzene rings is 1. The van der Waals surface area contributed by atoms with Crippen LogP contribution in [-0.4, -0.2) is 0 Å². The number of hydrogen-bond acceptors (Lipinski definition) is 2. The first kappa shape index (κ1) is 6.65. The van der Waals surface area contributed by atoms with Crippen LogP contribution in [0.25, 0.3) is 0 Å². The van der Waals surface area contributed by atoms with E-state index in [-0.39, 0.29) is 0 Å². The third-order valence-electron chi connectivity index (χ3n) is 0.943. The second kappa shape index (κ2) is 2.90. The fourth-order valence-corrected chi connectivity index (χ4v) is 1.20. The quantitative estimate of drug-likeness (QED) is 0.552. The fraction of sp³-hybridized carbons (Fsp3) is 0. The second-order valence-electron chi connectivity index (χ2n) is 1.58. The van der Waals surface area contributed by atoms with E-state index < -0.39 is 17.8 Å². The van der Waals surface area contributed by atoms with Crippen LogP contribution in [0, 0.1) is 6.07 Å². The molecule has 1 radical (unpaired) electrons. The zero-order valence-corrected chi connectivity index (χ0v) is 6.19. The topological polar surface area (TPSA) is 34.1 Å². The van der Waals surface area contributed by atoms with Crippen molar-refractivity contribution in [2.75, 3.05) is 0 Å². The van der Waals surface area contributed by atoms with Gasteiger partial charge in [-0.15, -0.1) is 0 Å². The molecule has 0 aromatic heterocycles. The molecule has 0 aliphatic rings. The molecule has 0 N–H and O–H groups in total. The molecule has 0 aliphatic heterocycles. The third-order valence-corrected chi connectivity index (χ3v) is 2.16. The predicted molar refractivity (Wildman–Crippen MR) is 26.3 cm³/mol. The summed E-state index contributed by atoms with van der Waals surface area (Å²) in [6.07, 6.45) is 0. The van der Waals surface area contributed by atoms with Crippen LogP contribution in [0.5, 0.6) is 0 Å². The molecule has 0 aliphatic carbocycles. The molecule has 0 saturated heterocycles. The minimum absolute atomic E-state index is 0.414. The zero-order valence-electron chi connectivity index (χ0n) is 4.63. The van der Waals surface area contributed by atoms with Gasteiger partial charge >= 0.3 is 58.7 Å². The molecule has 1 rings (SSSR count). The molecule has 1 aromatic carbocycles. The molecule has 1 aromatic rings. The average Bonchev–Trinajstić information content (AvgIpc) is 1.90. The van der Waals surface area contributed by atoms with Gasteiger partial charge in [0, 0.05) is 0 Å². The molecule has 0 atom stereocenters. The Morgan fingerprint density at radius 2 is 2.22 bits per heavy atom. The van der Waals surface area contributed by atoms with Crippen LogP contribution in [0.4, 0.5) is 0 Å². The molecule has 0 amide bonds. The van der Waals surface area contributed by atoms with Gasteiger partial charge in [-0.05, 0) is 0 Å². The Morgan fingerprint density at radius 1 is 1.44 bits per heavy atom. The van der Waals surface area contributed by atoms with E-state index in [1.54, 1.807) is 18.2 Å². The van der Waals surface area contributed by atoms with Crippen LogP contribution in [0.3, 0.4) is 0 Å². The number of hydrogen-bond donors (Lipinski definition) is 0. The molecule has 44 valence electrons. The first-order chi connectivity index (χ1) is 4.30. The molecule has 3 heteroatoms. The number of rotatable bonds is 1. The van der Waals surface area contributed by atoms with E-state index in [1.807, 2.05) is 0 Å². The van der Waals surface area contributed by atoms with E-state index in [2.05, 4.69) is 6.07 Å². The van der Waals surface area contributed by atoms with E-state index in [4.69, 9.17) is 0 Å². The Bertz CT molecular complexity index is 243. The van der Waals surface area contributed by atoms with Crippen LogP contribution < -0.4 is 3.87 Å². The molecular weight excluding hydrogens is 152 g/mol. The van der Waals surface area contributed by atoms with Gasteiger partial charge in [0.2, 0.25) is 0 Å². The van der Waals surface area contributed by atoms with Crippen LogP contribution in [-0.2, 0) is 24.5 Å². The zero-order chi connectivity index (χ0) is 6.69. The molecule has 0 saturated carbocycles. The van der Waals surface area contributed by atoms with Gasteiger partial charge in [0.05, 0.1) is 0 Å². The minimum atomic E-state index is -3.30. The Kier molecular flexibility index (Phi) is 2.14. The monoisotopic (exact) mass is 156 g/mol. The van der Waals surface area contributed by atoms with E-state index in [9.17, 15) is 6.65 Å². The molecular formula is C6H4O2Ti. The summed E-state index contributed by atoms with van der Waals surface area (Å²) in [6.45, 7) is 0. The average molecular weight is 156 g/mol. The molecule has 0 spiro atoms. The van der Waals surface area contributed by atoms with Gasteiger partial charge in [-0.2, -0.15) is 0 Å². The van der Waals surface area contributed by atoms with Crippen LogP contribution >= 0.6 is 0 Å². The summed E-state index contributed by atoms with van der Waals surface area (Å²) in [4.78, 5) is 0. The molecule has 9 heavy (non-hydrogen) atoms. The summed E-state index contributed by atoms with van der Waals surface area (Å²) < 4.78 is 21.1. The SMILES string of the molecule is [O]=[Ti](=[O])[c]1c[c]ccc1. The van der Waals surface area contributed by atoms with E-state index >= 15 is 0 Å². The van der Waals surface area contributed by atoms with Crippen LogP contribution in [0.15, 0.2) is 24.3 Å². The van der Waals surface area contributed by atoms with E-state index in [1.165, 1.54) is 6.07 Å². The standard InChI is InChI=1S/C6H4.2O.Ti/c1-2-4-6-5-3-1;;;/h1-3,6H;;;. The maximum absolute atomic E-state index is 10.3. The van der Waals surface area contributed by atoms with Crippen molar-refractivity contribution in [3.8, 4) is 0 Å². The summed E-state index contributed by atoms with van der Waals surface area (Å²) in [5, 5.41) is 0. The van der Waals surface area contributed by atoms with Gasteiger partial charge in [0.15, 0.2) is 0 Å². The normalized spacial score (nSPS) is 8.89. The van der Waals surface area contributed by atoms with Gasteiger partial charge in [0.1, 0.15) is 0 Å². The Morgan fingerprint density at radius 3 is 2.56 bits per heavy atom. The van der Waals surface area contributed by atoms with Crippen molar-refractivity contribution < 1.29 is 24.5 Å². The molecule has 0 bridgehead atoms. The van der Waals surface area contributed by atoms with Crippen molar-refractivity contribution in [2.24, 2.45) is 0 Å². The summed E-state index contributed by atoms with van der Waals surface area (Å²) >= 11 is -3.30. The Hall–Kier alpha value is -0.466. The third kappa shape index (κ3) is 1.73. The van der Waals surface area contributed by atoms with Crippen molar-refractivity contribution in [2.45, 2.75) is 0 Å². The summed E-state index contributed by atoms with van der Waals surface area (Å²) in [5.74, 6) is 0. The summed E-state index contributed by atoms with van der Waals surface area (Å²) in [7, 11) is 0. The van der Waals surface area contributed by atoms with Crippen molar-refractivity contribution in [1.29, 1.82) is 0 Å². The summed E-state index contributed by atoms with van der Waals surface area (Å²) in [5.41, 5.74) is 0. The van der Waals surface area contributed by atoms with E-state index in [0.717, 1.165) is 0 Å². The van der Waals surface area contributed by atoms with Crippen LogP contribution in [0.2, 0.25) is 0 Å². The molecule has 0 unspecified atom stereocenters. The Labute approximate surface area is 59.0 Å². The van der Waals surface area contributed by atoms with Crippen molar-refractivity contribution >= 4 is 3.87 Å². The van der Waals surface area contributed by atoms with Crippen LogP contribution in [0.1, 0.15) is 0 Å². The van der Waals surface area contributed by atoms with Gasteiger partial charge in [-0.1, -0.05) is 0 Å². The van der Waals surface area contributed by atoms with Gasteiger partial charge in [-0.25, -0.2) is 0 Å². The predicted octanol–water partition coefficient (Wildman–Crippen LogP) is 0.421. The van der Waals surface area contributed by atoms with E-state index in [0.29, 0.717) is 3.87 Å². The van der Waals surface area contributed by atoms with Crippen molar-refractivity contribution in [1.82, 2.24) is 0 Å². The first-order valence-electron chi connectivity index (χ1n) is 2.48. The molecule has 0 fully saturated rings. The van der Waals surface area contributed by atoms with Crippen molar-refractivity contribution in [3.63, 3.8) is 0 Å². The fourth-order valence-electron chi connectivity index (χ4n) is 0.520. The maximum atomic E-state index is 10.3. The Balaban J connectivity index is 3.13. The van der Waals surface area contributed by atoms with Gasteiger partial charge in [-0.3, -0.25) is 0 Å². The molecule has 2 nitrogen and oxygen atoms in total. The second-order valence-corrected chi connectivity index (χ2v) is 3.38. The summed E-state index contributed by atoms with van der Waals surface area (Å²) in [6, 6.07) is 9.08. The first-order valence-corrected chi connectivity index (χ1v) is 4.54. The van der Waals surface area contributed by atoms with Gasteiger partial charge in [0.25, 0.3) is 0 Å². The van der Waals surface area contributed by atoms with Crippen molar-refractivity contribution in [3.05, 3.63) is 30.3 Å².